The minimum Gasteiger partial charge on any atom is -0.345 e. The summed E-state index contributed by atoms with van der Waals surface area (Å²) in [4.78, 5) is 70.6. The Bertz CT molecular complexity index is 1350. The largest absolute Gasteiger partial charge is 0.345 e. The molecule has 1 aromatic heterocycles. The predicted molar refractivity (Wildman–Crippen MR) is 186 cm³/mol. The molecule has 7 atom stereocenters. The molecule has 246 valence electrons. The van der Waals surface area contributed by atoms with Crippen LogP contribution in [0.5, 0.6) is 0 Å². The van der Waals surface area contributed by atoms with E-state index in [2.05, 4.69) is 29.8 Å². The van der Waals surface area contributed by atoms with E-state index in [1.807, 2.05) is 25.0 Å². The average molecular weight is 694 g/mol. The number of fused-ring (bicyclic) bond motifs is 6. The number of nitrogens with one attached hydrogen (secondary N) is 3. The molecule has 0 radical (unpaired) electrons. The molecule has 0 saturated carbocycles. The number of nitrogens with zero attached hydrogens (tertiary/aromatic N) is 4. The average Bonchev–Trinajstić information content (AvgIpc) is 3.85. The van der Waals surface area contributed by atoms with Crippen LogP contribution in [-0.4, -0.2) is 104 Å². The van der Waals surface area contributed by atoms with Crippen molar-refractivity contribution in [2.75, 3.05) is 30.1 Å². The number of aromatic nitrogens is 1. The zero-order chi connectivity index (χ0) is 32.2. The van der Waals surface area contributed by atoms with Crippen molar-refractivity contribution in [1.82, 2.24) is 25.8 Å². The molecule has 3 N–H and O–H groups in total. The number of thiazole rings is 1. The standard InChI is InChI=1S/C30H43N7O4S4/c1-6-16(4)23-29-34-18(14-45-29)24(38)31-17(9-11-42-5)27-32-19(12-43-27)25(39)35-22(15(2)3)30(41)37-10-7-8-21(37)28-33-20(13-44-28)26(40)36-23/h14-17,19-23H,6-13H2,1-5H3,(H,31,38)(H,35,39)(H,36,40)/t16?,17-,19+,20+,21+,22+,23+/m1/s1. The van der Waals surface area contributed by atoms with Gasteiger partial charge in [-0.2, -0.15) is 11.8 Å². The number of hydrogen-bond acceptors (Lipinski definition) is 11. The van der Waals surface area contributed by atoms with Crippen LogP contribution in [0, 0.1) is 11.8 Å². The molecular formula is C30H43N7O4S4. The lowest BCUT2D eigenvalue weighted by Gasteiger charge is -2.31. The van der Waals surface area contributed by atoms with Crippen LogP contribution >= 0.6 is 46.6 Å². The first-order chi connectivity index (χ1) is 21.6. The van der Waals surface area contributed by atoms with Gasteiger partial charge < -0.3 is 20.9 Å². The minimum atomic E-state index is -0.704. The van der Waals surface area contributed by atoms with E-state index in [0.717, 1.165) is 30.1 Å². The molecule has 0 spiro atoms. The minimum absolute atomic E-state index is 0.0894. The molecular weight excluding hydrogens is 651 g/mol. The molecule has 45 heavy (non-hydrogen) atoms. The number of carbonyl (C=O) groups is 4. The first-order valence-corrected chi connectivity index (χ1v) is 19.9. The Labute approximate surface area is 281 Å². The zero-order valence-electron chi connectivity index (χ0n) is 26.4. The van der Waals surface area contributed by atoms with Crippen LogP contribution in [0.3, 0.4) is 0 Å². The topological polar surface area (TPSA) is 145 Å². The second-order valence-corrected chi connectivity index (χ2v) is 16.2. The fraction of sp³-hybridized carbons (Fsp3) is 0.700. The third-order valence-electron chi connectivity index (χ3n) is 8.75. The van der Waals surface area contributed by atoms with Crippen molar-refractivity contribution in [3.63, 3.8) is 0 Å². The maximum absolute atomic E-state index is 14.0. The van der Waals surface area contributed by atoms with Gasteiger partial charge in [0.25, 0.3) is 5.91 Å². The fourth-order valence-corrected chi connectivity index (χ4v) is 9.63. The van der Waals surface area contributed by atoms with Crippen LogP contribution in [0.2, 0.25) is 0 Å². The van der Waals surface area contributed by atoms with Gasteiger partial charge in [-0.05, 0) is 43.1 Å². The van der Waals surface area contributed by atoms with Gasteiger partial charge >= 0.3 is 0 Å². The van der Waals surface area contributed by atoms with E-state index in [1.54, 1.807) is 17.1 Å². The van der Waals surface area contributed by atoms with Crippen molar-refractivity contribution in [1.29, 1.82) is 0 Å². The number of carbonyl (C=O) groups excluding carboxylic acids is 4. The lowest BCUT2D eigenvalue weighted by molar-refractivity contribution is -0.137. The maximum atomic E-state index is 14.0. The van der Waals surface area contributed by atoms with Gasteiger partial charge in [-0.15, -0.1) is 34.9 Å². The molecule has 0 aliphatic carbocycles. The van der Waals surface area contributed by atoms with E-state index in [4.69, 9.17) is 15.0 Å². The third kappa shape index (κ3) is 7.73. The molecule has 5 heterocycles. The normalized spacial score (nSPS) is 30.2. The third-order valence-corrected chi connectivity index (χ3v) is 12.6. The van der Waals surface area contributed by atoms with Crippen LogP contribution in [0.4, 0.5) is 0 Å². The van der Waals surface area contributed by atoms with Gasteiger partial charge in [-0.3, -0.25) is 29.2 Å². The van der Waals surface area contributed by atoms with Crippen LogP contribution in [0.25, 0.3) is 0 Å². The van der Waals surface area contributed by atoms with Gasteiger partial charge in [0.05, 0.1) is 28.2 Å². The van der Waals surface area contributed by atoms with Crippen molar-refractivity contribution >= 4 is 80.3 Å². The molecule has 4 aliphatic rings. The molecule has 0 aromatic carbocycles. The second-order valence-electron chi connectivity index (χ2n) is 12.3. The Morgan fingerprint density at radius 2 is 1.64 bits per heavy atom. The molecule has 4 amide bonds. The van der Waals surface area contributed by atoms with Crippen molar-refractivity contribution in [3.8, 4) is 0 Å². The van der Waals surface area contributed by atoms with Gasteiger partial charge in [0.15, 0.2) is 0 Å². The van der Waals surface area contributed by atoms with Crippen LogP contribution in [-0.2, 0) is 14.4 Å². The Morgan fingerprint density at radius 1 is 0.978 bits per heavy atom. The summed E-state index contributed by atoms with van der Waals surface area (Å²) in [6.07, 6.45) is 5.09. The summed E-state index contributed by atoms with van der Waals surface area (Å²) >= 11 is 6.04. The van der Waals surface area contributed by atoms with E-state index < -0.39 is 18.1 Å². The van der Waals surface area contributed by atoms with Gasteiger partial charge in [-0.1, -0.05) is 34.1 Å². The van der Waals surface area contributed by atoms with Crippen LogP contribution < -0.4 is 16.0 Å². The molecule has 5 rings (SSSR count). The van der Waals surface area contributed by atoms with E-state index in [0.29, 0.717) is 40.2 Å². The van der Waals surface area contributed by atoms with E-state index in [1.165, 1.54) is 34.9 Å². The monoisotopic (exact) mass is 693 g/mol. The van der Waals surface area contributed by atoms with E-state index in [-0.39, 0.29) is 53.6 Å². The molecule has 11 nitrogen and oxygen atoms in total. The number of aliphatic imine (C=N–C) groups is 2. The first-order valence-electron chi connectivity index (χ1n) is 15.7. The quantitative estimate of drug-likeness (QED) is 0.412. The Kier molecular flexibility index (Phi) is 11.6. The molecule has 1 unspecified atom stereocenters. The summed E-state index contributed by atoms with van der Waals surface area (Å²) in [5.74, 6) is 0.803. The number of hydrogen-bond donors (Lipinski definition) is 3. The highest BCUT2D eigenvalue weighted by Crippen LogP contribution is 2.32. The SMILES string of the molecule is CCC(C)[C@@H]1NC(=O)[C@@H]2CSC(=N2)[C@@H]2CCCN2C(=O)[C@H](C(C)C)NC(=O)[C@@H]2CSC(=N2)[C@@H](CCSC)NC(=O)c2csc1n2. The Balaban J connectivity index is 1.50. The highest BCUT2D eigenvalue weighted by molar-refractivity contribution is 8.14. The summed E-state index contributed by atoms with van der Waals surface area (Å²) in [5, 5.41) is 13.2. The Hall–Kier alpha value is -2.10. The highest BCUT2D eigenvalue weighted by atomic mass is 32.2. The smallest absolute Gasteiger partial charge is 0.271 e. The number of rotatable bonds is 6. The molecule has 1 saturated heterocycles. The van der Waals surface area contributed by atoms with E-state index >= 15 is 0 Å². The number of thioether (sulfide) groups is 3. The van der Waals surface area contributed by atoms with Gasteiger partial charge in [0.1, 0.15) is 28.8 Å². The summed E-state index contributed by atoms with van der Waals surface area (Å²) in [6.45, 7) is 8.58. The predicted octanol–water partition coefficient (Wildman–Crippen LogP) is 3.37. The van der Waals surface area contributed by atoms with Crippen molar-refractivity contribution in [2.24, 2.45) is 21.8 Å². The zero-order valence-corrected chi connectivity index (χ0v) is 29.7. The summed E-state index contributed by atoms with van der Waals surface area (Å²) < 4.78 is 0. The highest BCUT2D eigenvalue weighted by Gasteiger charge is 2.42. The fourth-order valence-electron chi connectivity index (χ4n) is 5.85. The molecule has 15 heteroatoms. The second kappa shape index (κ2) is 15.2. The lowest BCUT2D eigenvalue weighted by Crippen LogP contribution is -2.55. The van der Waals surface area contributed by atoms with Gasteiger partial charge in [-0.25, -0.2) is 4.98 Å². The molecule has 6 bridgehead atoms. The van der Waals surface area contributed by atoms with Crippen molar-refractivity contribution < 1.29 is 19.2 Å². The van der Waals surface area contributed by atoms with E-state index in [9.17, 15) is 19.2 Å². The molecule has 1 aromatic rings. The molecule has 4 aliphatic heterocycles. The lowest BCUT2D eigenvalue weighted by atomic mass is 9.99. The molecule has 1 fully saturated rings. The summed E-state index contributed by atoms with van der Waals surface area (Å²) in [7, 11) is 0. The maximum Gasteiger partial charge on any atom is 0.271 e. The van der Waals surface area contributed by atoms with Crippen molar-refractivity contribution in [2.45, 2.75) is 89.6 Å². The first kappa shape index (κ1) is 34.2. The van der Waals surface area contributed by atoms with Crippen molar-refractivity contribution in [3.05, 3.63) is 16.1 Å². The van der Waals surface area contributed by atoms with Gasteiger partial charge in [0.2, 0.25) is 17.7 Å². The van der Waals surface area contributed by atoms with Crippen LogP contribution in [0.1, 0.15) is 74.9 Å². The van der Waals surface area contributed by atoms with Gasteiger partial charge in [0, 0.05) is 23.4 Å². The number of amides is 4. The Morgan fingerprint density at radius 3 is 2.31 bits per heavy atom. The summed E-state index contributed by atoms with van der Waals surface area (Å²) in [5.41, 5.74) is 0.298. The summed E-state index contributed by atoms with van der Waals surface area (Å²) in [6, 6.07) is -2.86. The van der Waals surface area contributed by atoms with Crippen LogP contribution in [0.15, 0.2) is 15.4 Å².